The molecule has 0 radical (unpaired) electrons. The van der Waals surface area contributed by atoms with E-state index in [0.717, 1.165) is 14.9 Å². The molecule has 154 valence electrons. The second kappa shape index (κ2) is 12.2. The summed E-state index contributed by atoms with van der Waals surface area (Å²) in [5, 5.41) is 9.16. The lowest BCUT2D eigenvalue weighted by Gasteiger charge is -2.24. The van der Waals surface area contributed by atoms with Crippen LogP contribution in [0, 0.1) is 5.41 Å². The van der Waals surface area contributed by atoms with Crippen molar-refractivity contribution >= 4 is 51.2 Å². The molecule has 1 N–H and O–H groups in total. The van der Waals surface area contributed by atoms with Gasteiger partial charge in [-0.25, -0.2) is 0 Å². The third kappa shape index (κ3) is 8.05. The van der Waals surface area contributed by atoms with Gasteiger partial charge in [-0.3, -0.25) is 4.79 Å². The van der Waals surface area contributed by atoms with Gasteiger partial charge in [-0.05, 0) is 86.3 Å². The zero-order valence-electron chi connectivity index (χ0n) is 16.5. The summed E-state index contributed by atoms with van der Waals surface area (Å²) in [6, 6.07) is 7.83. The Morgan fingerprint density at radius 3 is 2.54 bits per heavy atom. The van der Waals surface area contributed by atoms with E-state index in [4.69, 9.17) is 9.84 Å². The van der Waals surface area contributed by atoms with Crippen molar-refractivity contribution in [3.8, 4) is 5.75 Å². The first kappa shape index (κ1) is 23.7. The minimum Gasteiger partial charge on any atom is -0.490 e. The van der Waals surface area contributed by atoms with Crippen LogP contribution in [-0.4, -0.2) is 22.1 Å². The zero-order chi connectivity index (χ0) is 20.4. The summed E-state index contributed by atoms with van der Waals surface area (Å²) in [5.74, 6) is -0.0679. The van der Waals surface area contributed by atoms with Crippen molar-refractivity contribution in [3.63, 3.8) is 0 Å². The quantitative estimate of drug-likeness (QED) is 0.163. The molecular weight excluding hydrogens is 578 g/mol. The van der Waals surface area contributed by atoms with Crippen LogP contribution in [0.4, 0.5) is 0 Å². The summed E-state index contributed by atoms with van der Waals surface area (Å²) in [6.07, 6.45) is 14.6. The molecule has 0 unspecified atom stereocenters. The number of halogens is 2. The van der Waals surface area contributed by atoms with Gasteiger partial charge in [-0.1, -0.05) is 65.8 Å². The van der Waals surface area contributed by atoms with Crippen LogP contribution in [0.3, 0.4) is 0 Å². The molecule has 2 rings (SSSR count). The summed E-state index contributed by atoms with van der Waals surface area (Å²) >= 11 is 4.69. The molecule has 0 saturated heterocycles. The highest BCUT2D eigenvalue weighted by Crippen LogP contribution is 2.43. The van der Waals surface area contributed by atoms with E-state index in [1.807, 2.05) is 37.3 Å². The number of allylic oxidation sites excluding steroid dienone is 3. The largest absolute Gasteiger partial charge is 0.490 e. The molecule has 1 aliphatic rings. The van der Waals surface area contributed by atoms with Gasteiger partial charge in [0, 0.05) is 5.92 Å². The number of benzene rings is 1. The van der Waals surface area contributed by atoms with Gasteiger partial charge in [0.25, 0.3) is 0 Å². The number of aliphatic carboxylic acids is 1. The van der Waals surface area contributed by atoms with Crippen LogP contribution in [0.15, 0.2) is 46.1 Å². The Hall–Kier alpha value is -0.570. The Morgan fingerprint density at radius 2 is 1.96 bits per heavy atom. The molecular formula is C23H30I2O3. The van der Waals surface area contributed by atoms with Crippen LogP contribution in [0.25, 0.3) is 0 Å². The van der Waals surface area contributed by atoms with Gasteiger partial charge < -0.3 is 9.84 Å². The minimum absolute atomic E-state index is 0.0998. The number of hydrogen-bond acceptors (Lipinski definition) is 2. The minimum atomic E-state index is -0.784. The molecule has 0 aromatic heterocycles. The van der Waals surface area contributed by atoms with Gasteiger partial charge in [-0.15, -0.1) is 0 Å². The molecule has 1 fully saturated rings. The number of alkyl halides is 1. The van der Waals surface area contributed by atoms with Crippen LogP contribution in [0.5, 0.6) is 5.75 Å². The highest BCUT2D eigenvalue weighted by molar-refractivity contribution is 14.1. The molecule has 0 heterocycles. The zero-order valence-corrected chi connectivity index (χ0v) is 20.8. The third-order valence-electron chi connectivity index (χ3n) is 5.36. The highest BCUT2D eigenvalue weighted by atomic mass is 127. The van der Waals surface area contributed by atoms with E-state index in [1.165, 1.54) is 43.0 Å². The van der Waals surface area contributed by atoms with Crippen molar-refractivity contribution in [1.29, 1.82) is 0 Å². The molecule has 0 bridgehead atoms. The van der Waals surface area contributed by atoms with E-state index in [1.54, 1.807) is 0 Å². The monoisotopic (exact) mass is 608 g/mol. The van der Waals surface area contributed by atoms with Gasteiger partial charge in [-0.2, -0.15) is 0 Å². The third-order valence-corrected chi connectivity index (χ3v) is 6.48. The van der Waals surface area contributed by atoms with Gasteiger partial charge >= 0.3 is 5.97 Å². The SMILES string of the molecule is C/C(I)=C\[C@@H](CC(=O)O)c1ccc(OC/C=C/C2(CCCI)CCCC2)cc1. The fourth-order valence-electron chi connectivity index (χ4n) is 3.99. The second-order valence-electron chi connectivity index (χ2n) is 7.60. The molecule has 3 nitrogen and oxygen atoms in total. The Balaban J connectivity index is 1.93. The Morgan fingerprint density at radius 1 is 1.29 bits per heavy atom. The van der Waals surface area contributed by atoms with E-state index < -0.39 is 5.97 Å². The Bertz CT molecular complexity index is 670. The predicted octanol–water partition coefficient (Wildman–Crippen LogP) is 7.29. The second-order valence-corrected chi connectivity index (χ2v) is 10.4. The fraction of sp³-hybridized carbons (Fsp3) is 0.522. The maximum atomic E-state index is 11.1. The van der Waals surface area contributed by atoms with Crippen LogP contribution >= 0.6 is 45.2 Å². The summed E-state index contributed by atoms with van der Waals surface area (Å²) in [4.78, 5) is 11.1. The first-order chi connectivity index (χ1) is 13.4. The molecule has 0 aliphatic heterocycles. The molecule has 0 amide bonds. The van der Waals surface area contributed by atoms with Crippen molar-refractivity contribution in [2.24, 2.45) is 5.41 Å². The number of rotatable bonds is 11. The summed E-state index contributed by atoms with van der Waals surface area (Å²) in [6.45, 7) is 2.56. The molecule has 0 spiro atoms. The van der Waals surface area contributed by atoms with E-state index >= 15 is 0 Å². The van der Waals surface area contributed by atoms with Crippen LogP contribution in [0.2, 0.25) is 0 Å². The van der Waals surface area contributed by atoms with Crippen molar-refractivity contribution in [2.45, 2.75) is 57.8 Å². The van der Waals surface area contributed by atoms with E-state index in [9.17, 15) is 4.79 Å². The van der Waals surface area contributed by atoms with Crippen molar-refractivity contribution in [2.75, 3.05) is 11.0 Å². The molecule has 1 saturated carbocycles. The van der Waals surface area contributed by atoms with E-state index in [2.05, 4.69) is 57.3 Å². The number of ether oxygens (including phenoxy) is 1. The van der Waals surface area contributed by atoms with Gasteiger partial charge in [0.2, 0.25) is 0 Å². The molecule has 1 aromatic rings. The number of carbonyl (C=O) groups is 1. The molecule has 5 heteroatoms. The molecule has 1 aliphatic carbocycles. The van der Waals surface area contributed by atoms with Gasteiger partial charge in [0.05, 0.1) is 6.42 Å². The smallest absolute Gasteiger partial charge is 0.304 e. The lowest BCUT2D eigenvalue weighted by molar-refractivity contribution is -0.137. The maximum absolute atomic E-state index is 11.1. The van der Waals surface area contributed by atoms with Crippen molar-refractivity contribution in [3.05, 3.63) is 51.6 Å². The van der Waals surface area contributed by atoms with Crippen molar-refractivity contribution in [1.82, 2.24) is 0 Å². The molecule has 1 aromatic carbocycles. The number of carboxylic acid groups (broad SMARTS) is 1. The predicted molar refractivity (Wildman–Crippen MR) is 133 cm³/mol. The normalized spacial score (nSPS) is 17.8. The van der Waals surface area contributed by atoms with Crippen LogP contribution < -0.4 is 4.74 Å². The van der Waals surface area contributed by atoms with Gasteiger partial charge in [0.15, 0.2) is 0 Å². The standard InChI is InChI=1S/C23H30I2O3/c1-18(25)16-20(17-22(26)27)19-6-8-21(9-7-19)28-15-5-13-23(12-4-14-24)10-2-3-11-23/h5-9,13,16,20H,2-4,10-12,14-15,17H2,1H3,(H,26,27)/b13-5+,18-16+/t20-/m0/s1. The average molecular weight is 608 g/mol. The lowest BCUT2D eigenvalue weighted by atomic mass is 9.81. The first-order valence-electron chi connectivity index (χ1n) is 9.96. The van der Waals surface area contributed by atoms with Crippen LogP contribution in [-0.2, 0) is 4.79 Å². The molecule has 28 heavy (non-hydrogen) atoms. The van der Waals surface area contributed by atoms with Gasteiger partial charge in [0.1, 0.15) is 12.4 Å². The molecule has 1 atom stereocenters. The van der Waals surface area contributed by atoms with E-state index in [0.29, 0.717) is 12.0 Å². The lowest BCUT2D eigenvalue weighted by Crippen LogP contribution is -2.13. The summed E-state index contributed by atoms with van der Waals surface area (Å²) in [7, 11) is 0. The summed E-state index contributed by atoms with van der Waals surface area (Å²) < 4.78 is 8.21. The first-order valence-corrected chi connectivity index (χ1v) is 12.6. The highest BCUT2D eigenvalue weighted by Gasteiger charge is 2.30. The van der Waals surface area contributed by atoms with Crippen LogP contribution in [0.1, 0.15) is 63.4 Å². The average Bonchev–Trinajstić information content (AvgIpc) is 3.12. The topological polar surface area (TPSA) is 46.5 Å². The number of carboxylic acids is 1. The maximum Gasteiger partial charge on any atom is 0.304 e. The van der Waals surface area contributed by atoms with Crippen molar-refractivity contribution < 1.29 is 14.6 Å². The summed E-state index contributed by atoms with van der Waals surface area (Å²) in [5.41, 5.74) is 1.40. The Kier molecular flexibility index (Phi) is 10.3. The fourth-order valence-corrected chi connectivity index (χ4v) is 4.81. The number of hydrogen-bond donors (Lipinski definition) is 1. The van der Waals surface area contributed by atoms with E-state index in [-0.39, 0.29) is 12.3 Å². The Labute approximate surface area is 196 Å².